The van der Waals surface area contributed by atoms with Crippen LogP contribution in [0, 0.1) is 0 Å². The molecule has 1 aromatic rings. The number of carbonyl (C=O) groups excluding carboxylic acids is 2. The molecule has 0 saturated carbocycles. The third-order valence-corrected chi connectivity index (χ3v) is 3.53. The van der Waals surface area contributed by atoms with E-state index < -0.39 is 5.60 Å². The van der Waals surface area contributed by atoms with Gasteiger partial charge in [0, 0.05) is 23.7 Å². The highest BCUT2D eigenvalue weighted by molar-refractivity contribution is 6.30. The highest BCUT2D eigenvalue weighted by atomic mass is 35.5. The van der Waals surface area contributed by atoms with Crippen molar-refractivity contribution in [1.82, 2.24) is 10.2 Å². The van der Waals surface area contributed by atoms with Crippen LogP contribution in [0.15, 0.2) is 24.3 Å². The van der Waals surface area contributed by atoms with Gasteiger partial charge in [0.25, 0.3) is 5.91 Å². The Kier molecular flexibility index (Phi) is 4.30. The molecule has 6 heteroatoms. The fourth-order valence-corrected chi connectivity index (χ4v) is 2.35. The van der Waals surface area contributed by atoms with Crippen molar-refractivity contribution in [3.63, 3.8) is 0 Å². The van der Waals surface area contributed by atoms with Crippen molar-refractivity contribution in [3.8, 4) is 0 Å². The van der Waals surface area contributed by atoms with Crippen LogP contribution in [0.25, 0.3) is 0 Å². The molecule has 1 fully saturated rings. The lowest BCUT2D eigenvalue weighted by molar-refractivity contribution is -0.129. The topological polar surface area (TPSA) is 69.6 Å². The van der Waals surface area contributed by atoms with E-state index in [2.05, 4.69) is 5.32 Å². The van der Waals surface area contributed by atoms with Crippen molar-refractivity contribution < 1.29 is 14.7 Å². The summed E-state index contributed by atoms with van der Waals surface area (Å²) in [5.41, 5.74) is -0.411. The first-order valence-electron chi connectivity index (χ1n) is 6.41. The molecule has 0 radical (unpaired) electrons. The summed E-state index contributed by atoms with van der Waals surface area (Å²) in [4.78, 5) is 25.3. The molecule has 1 aromatic carbocycles. The molecular formula is C14H17ClN2O3. The van der Waals surface area contributed by atoms with E-state index in [1.807, 2.05) is 0 Å². The van der Waals surface area contributed by atoms with Crippen LogP contribution in [0.3, 0.4) is 0 Å². The van der Waals surface area contributed by atoms with Crippen molar-refractivity contribution in [2.75, 3.05) is 19.6 Å². The molecule has 0 aromatic heterocycles. The summed E-state index contributed by atoms with van der Waals surface area (Å²) in [6, 6.07) is 6.53. The number of nitrogens with zero attached hydrogens (tertiary/aromatic N) is 1. The molecule has 2 amide bonds. The van der Waals surface area contributed by atoms with Gasteiger partial charge in [0.1, 0.15) is 0 Å². The molecule has 0 bridgehead atoms. The second kappa shape index (κ2) is 5.81. The van der Waals surface area contributed by atoms with Gasteiger partial charge in [-0.15, -0.1) is 0 Å². The van der Waals surface area contributed by atoms with Gasteiger partial charge in [-0.25, -0.2) is 0 Å². The molecule has 1 atom stereocenters. The predicted octanol–water partition coefficient (Wildman–Crippen LogP) is 1.05. The summed E-state index contributed by atoms with van der Waals surface area (Å²) in [6.07, 6.45) is 0.557. The van der Waals surface area contributed by atoms with Crippen LogP contribution < -0.4 is 5.32 Å². The third kappa shape index (κ3) is 3.71. The SMILES string of the molecule is CC1(O)CCN(C(=O)CNC(=O)c2cccc(Cl)c2)C1. The Labute approximate surface area is 122 Å². The van der Waals surface area contributed by atoms with Crippen LogP contribution >= 0.6 is 11.6 Å². The quantitative estimate of drug-likeness (QED) is 0.876. The van der Waals surface area contributed by atoms with Crippen molar-refractivity contribution in [2.45, 2.75) is 18.9 Å². The fraction of sp³-hybridized carbons (Fsp3) is 0.429. The number of hydrogen-bond donors (Lipinski definition) is 2. The van der Waals surface area contributed by atoms with Gasteiger partial charge in [0.15, 0.2) is 0 Å². The molecule has 1 unspecified atom stereocenters. The van der Waals surface area contributed by atoms with Crippen LogP contribution in [-0.4, -0.2) is 47.1 Å². The number of hydrogen-bond acceptors (Lipinski definition) is 3. The second-order valence-corrected chi connectivity index (χ2v) is 5.69. The second-order valence-electron chi connectivity index (χ2n) is 5.26. The van der Waals surface area contributed by atoms with E-state index in [4.69, 9.17) is 11.6 Å². The monoisotopic (exact) mass is 296 g/mol. The Bertz CT molecular complexity index is 531. The van der Waals surface area contributed by atoms with Gasteiger partial charge in [-0.05, 0) is 31.5 Å². The van der Waals surface area contributed by atoms with Gasteiger partial charge in [0.05, 0.1) is 12.1 Å². The lowest BCUT2D eigenvalue weighted by Gasteiger charge is -2.19. The summed E-state index contributed by atoms with van der Waals surface area (Å²) < 4.78 is 0. The lowest BCUT2D eigenvalue weighted by atomic mass is 10.1. The average Bonchev–Trinajstić information content (AvgIpc) is 2.76. The number of likely N-dealkylation sites (tertiary alicyclic amines) is 1. The first kappa shape index (κ1) is 14.8. The van der Waals surface area contributed by atoms with Gasteiger partial charge >= 0.3 is 0 Å². The summed E-state index contributed by atoms with van der Waals surface area (Å²) in [7, 11) is 0. The normalized spacial score (nSPS) is 21.9. The minimum atomic E-state index is -0.827. The Morgan fingerprint density at radius 3 is 2.85 bits per heavy atom. The summed E-state index contributed by atoms with van der Waals surface area (Å²) in [6.45, 7) is 2.43. The number of nitrogens with one attached hydrogen (secondary N) is 1. The maximum Gasteiger partial charge on any atom is 0.251 e. The maximum atomic E-state index is 11.9. The van der Waals surface area contributed by atoms with Crippen molar-refractivity contribution in [1.29, 1.82) is 0 Å². The molecule has 1 heterocycles. The standard InChI is InChI=1S/C14H17ClN2O3/c1-14(20)5-6-17(9-14)12(18)8-16-13(19)10-3-2-4-11(15)7-10/h2-4,7,20H,5-6,8-9H2,1H3,(H,16,19). The smallest absolute Gasteiger partial charge is 0.251 e. The van der Waals surface area contributed by atoms with Crippen LogP contribution in [0.1, 0.15) is 23.7 Å². The van der Waals surface area contributed by atoms with Crippen LogP contribution in [0.2, 0.25) is 5.02 Å². The molecule has 1 aliphatic heterocycles. The Balaban J connectivity index is 1.86. The number of amides is 2. The Hall–Kier alpha value is -1.59. The first-order chi connectivity index (χ1) is 9.37. The van der Waals surface area contributed by atoms with E-state index >= 15 is 0 Å². The first-order valence-corrected chi connectivity index (χ1v) is 6.79. The fourth-order valence-electron chi connectivity index (χ4n) is 2.16. The molecule has 5 nitrogen and oxygen atoms in total. The predicted molar refractivity (Wildman–Crippen MR) is 75.6 cm³/mol. The van der Waals surface area contributed by atoms with Gasteiger partial charge in [0.2, 0.25) is 5.91 Å². The Morgan fingerprint density at radius 1 is 1.50 bits per heavy atom. The number of halogens is 1. The van der Waals surface area contributed by atoms with Crippen LogP contribution in [0.4, 0.5) is 0 Å². The van der Waals surface area contributed by atoms with Gasteiger partial charge in [-0.1, -0.05) is 17.7 Å². The lowest BCUT2D eigenvalue weighted by Crippen LogP contribution is -2.40. The zero-order chi connectivity index (χ0) is 14.8. The van der Waals surface area contributed by atoms with Gasteiger partial charge in [-0.2, -0.15) is 0 Å². The number of β-amino-alcohol motifs (C(OH)–C–C–N with tert-alkyl or cyclic N) is 1. The highest BCUT2D eigenvalue weighted by Gasteiger charge is 2.33. The minimum Gasteiger partial charge on any atom is -0.388 e. The number of rotatable bonds is 3. The van der Waals surface area contributed by atoms with Crippen molar-refractivity contribution >= 4 is 23.4 Å². The number of benzene rings is 1. The van der Waals surface area contributed by atoms with Crippen LogP contribution in [0.5, 0.6) is 0 Å². The zero-order valence-corrected chi connectivity index (χ0v) is 12.0. The molecule has 0 spiro atoms. The summed E-state index contributed by atoms with van der Waals surface area (Å²) in [5.74, 6) is -0.537. The van der Waals surface area contributed by atoms with Crippen LogP contribution in [-0.2, 0) is 4.79 Å². The molecule has 20 heavy (non-hydrogen) atoms. The molecule has 2 rings (SSSR count). The molecule has 1 saturated heterocycles. The van der Waals surface area contributed by atoms with E-state index in [-0.39, 0.29) is 18.4 Å². The van der Waals surface area contributed by atoms with Gasteiger partial charge in [-0.3, -0.25) is 9.59 Å². The molecule has 0 aliphatic carbocycles. The average molecular weight is 297 g/mol. The third-order valence-electron chi connectivity index (χ3n) is 3.29. The number of aliphatic hydroxyl groups is 1. The zero-order valence-electron chi connectivity index (χ0n) is 11.2. The summed E-state index contributed by atoms with van der Waals surface area (Å²) in [5, 5.41) is 12.8. The largest absolute Gasteiger partial charge is 0.388 e. The highest BCUT2D eigenvalue weighted by Crippen LogP contribution is 2.19. The minimum absolute atomic E-state index is 0.0819. The van der Waals surface area contributed by atoms with Crippen molar-refractivity contribution in [3.05, 3.63) is 34.9 Å². The molecule has 108 valence electrons. The van der Waals surface area contributed by atoms with E-state index in [9.17, 15) is 14.7 Å². The molecule has 2 N–H and O–H groups in total. The van der Waals surface area contributed by atoms with Crippen molar-refractivity contribution in [2.24, 2.45) is 0 Å². The maximum absolute atomic E-state index is 11.9. The van der Waals surface area contributed by atoms with E-state index in [1.54, 1.807) is 36.1 Å². The van der Waals surface area contributed by atoms with E-state index in [0.717, 1.165) is 0 Å². The van der Waals surface area contributed by atoms with E-state index in [0.29, 0.717) is 30.1 Å². The Morgan fingerprint density at radius 2 is 2.25 bits per heavy atom. The van der Waals surface area contributed by atoms with E-state index in [1.165, 1.54) is 0 Å². The van der Waals surface area contributed by atoms with Gasteiger partial charge < -0.3 is 15.3 Å². The molecule has 1 aliphatic rings. The molecular weight excluding hydrogens is 280 g/mol. The summed E-state index contributed by atoms with van der Waals surface area (Å²) >= 11 is 5.80. The number of carbonyl (C=O) groups is 2.